The SMILES string of the molecule is C.Cc1cc(NC(=O)Nc2ccc3ncc(-c4cnn(C)c4)nc3c2)ccc1F.Cc1cc(NC(=O)Nc2ccc3ncc(-c4cnn(C)c4)nc3c2)ccc1F.Cc1cc(NC(=O)Nc2ccc3ncc(-c4cnn(C)c4)nc3c2)ccc1F.Cn1cc(-c2cnc3ccc(NC(=O)Nc4cccc(OC(F)(F)F)c4)cc3n2)cn1. The van der Waals surface area contributed by atoms with Crippen molar-refractivity contribution < 1.29 is 50.3 Å². The average Bonchev–Trinajstić information content (AvgIpc) is 1.05. The Labute approximate surface area is 656 Å². The van der Waals surface area contributed by atoms with Crippen LogP contribution in [0.1, 0.15) is 24.1 Å². The first-order valence-corrected chi connectivity index (χ1v) is 34.7. The Morgan fingerprint density at radius 3 is 0.793 bits per heavy atom. The van der Waals surface area contributed by atoms with Crippen molar-refractivity contribution in [3.05, 3.63) is 260 Å². The molecule has 0 spiro atoms. The van der Waals surface area contributed by atoms with E-state index in [1.54, 1.807) is 187 Å². The van der Waals surface area contributed by atoms with Gasteiger partial charge in [-0.3, -0.25) is 38.7 Å². The summed E-state index contributed by atoms with van der Waals surface area (Å²) < 4.78 is 87.7. The van der Waals surface area contributed by atoms with Gasteiger partial charge in [-0.1, -0.05) is 13.5 Å². The highest BCUT2D eigenvalue weighted by molar-refractivity contribution is 6.04. The standard InChI is InChI=1S/C20H15F3N6O2.3C20H17FN6O.CH4/c1-29-11-12(9-25-29)18-10-24-16-6-5-14(8-17(16)28-18)27-19(30)26-13-3-2-4-15(7-13)31-20(21,22)23;3*1-12-7-14(3-5-16(12)21)24-20(28)25-15-4-6-17-18(8-15)26-19(10-22-17)13-9-23-27(2)11-13;/h2-11H,1H3,(H2,26,27,30);3*3-11H,1-2H3,(H2,24,25,28);1H4. The molecule has 8 amide bonds. The van der Waals surface area contributed by atoms with Crippen LogP contribution in [0.25, 0.3) is 89.2 Å². The molecule has 16 aromatic rings. The van der Waals surface area contributed by atoms with Crippen LogP contribution in [0.15, 0.2) is 226 Å². The highest BCUT2D eigenvalue weighted by Crippen LogP contribution is 2.30. The Kier molecular flexibility index (Phi) is 24.3. The van der Waals surface area contributed by atoms with Crippen LogP contribution in [0, 0.1) is 38.2 Å². The Balaban J connectivity index is 0.000000142. The number of alkyl halides is 3. The van der Waals surface area contributed by atoms with E-state index in [-0.39, 0.29) is 30.6 Å². The van der Waals surface area contributed by atoms with Gasteiger partial charge in [0.15, 0.2) is 0 Å². The number of amides is 8. The molecule has 8 N–H and O–H groups in total. The van der Waals surface area contributed by atoms with Gasteiger partial charge in [-0.2, -0.15) is 20.4 Å². The number of benzene rings is 8. The molecule has 0 saturated carbocycles. The molecule has 8 aromatic heterocycles. The number of ether oxygens (including phenoxy) is 1. The Morgan fingerprint density at radius 1 is 0.319 bits per heavy atom. The minimum atomic E-state index is -4.82. The number of nitrogens with zero attached hydrogens (tertiary/aromatic N) is 16. The third kappa shape index (κ3) is 21.1. The number of hydrogen-bond acceptors (Lipinski definition) is 17. The molecule has 0 aliphatic heterocycles. The molecule has 16 rings (SSSR count). The Bertz CT molecular complexity index is 5880. The molecule has 0 fully saturated rings. The third-order valence-electron chi connectivity index (χ3n) is 16.8. The Morgan fingerprint density at radius 2 is 0.560 bits per heavy atom. The molecular weight excluding hydrogens is 1500 g/mol. The zero-order valence-corrected chi connectivity index (χ0v) is 61.8. The second kappa shape index (κ2) is 35.2. The number of hydrogen-bond donors (Lipinski definition) is 8. The molecule has 0 bridgehead atoms. The molecule has 0 unspecified atom stereocenters. The lowest BCUT2D eigenvalue weighted by Crippen LogP contribution is -2.20. The summed E-state index contributed by atoms with van der Waals surface area (Å²) >= 11 is 0. The van der Waals surface area contributed by atoms with Crippen LogP contribution in [-0.4, -0.2) is 109 Å². The van der Waals surface area contributed by atoms with E-state index < -0.39 is 36.2 Å². The predicted molar refractivity (Wildman–Crippen MR) is 431 cm³/mol. The molecule has 8 heterocycles. The molecule has 0 aliphatic carbocycles. The second-order valence-corrected chi connectivity index (χ2v) is 25.7. The minimum absolute atomic E-state index is 0. The van der Waals surface area contributed by atoms with Crippen molar-refractivity contribution in [3.8, 4) is 50.8 Å². The largest absolute Gasteiger partial charge is 0.573 e. The average molecular weight is 1570 g/mol. The van der Waals surface area contributed by atoms with E-state index in [0.29, 0.717) is 123 Å². The van der Waals surface area contributed by atoms with Crippen LogP contribution in [0.3, 0.4) is 0 Å². The zero-order chi connectivity index (χ0) is 81.0. The molecule has 116 heavy (non-hydrogen) atoms. The van der Waals surface area contributed by atoms with Gasteiger partial charge in [0.05, 0.1) is 116 Å². The highest BCUT2D eigenvalue weighted by atomic mass is 19.4. The van der Waals surface area contributed by atoms with Crippen molar-refractivity contribution in [2.75, 3.05) is 42.5 Å². The zero-order valence-electron chi connectivity index (χ0n) is 61.8. The molecule has 29 nitrogen and oxygen atoms in total. The molecule has 0 aliphatic rings. The third-order valence-corrected chi connectivity index (χ3v) is 16.8. The number of aryl methyl sites for hydroxylation is 7. The van der Waals surface area contributed by atoms with Gasteiger partial charge in [0.2, 0.25) is 0 Å². The Hall–Kier alpha value is -15.6. The number of carbonyl (C=O) groups excluding carboxylic acids is 4. The van der Waals surface area contributed by atoms with E-state index in [1.807, 2.05) is 45.9 Å². The maximum atomic E-state index is 13.3. The first-order valence-electron chi connectivity index (χ1n) is 34.7. The fourth-order valence-electron chi connectivity index (χ4n) is 11.2. The topological polar surface area (TPSA) is 348 Å². The monoisotopic (exact) mass is 1570 g/mol. The van der Waals surface area contributed by atoms with Crippen LogP contribution in [0.5, 0.6) is 5.75 Å². The quantitative estimate of drug-likeness (QED) is 0.0497. The van der Waals surface area contributed by atoms with E-state index in [4.69, 9.17) is 0 Å². The summed E-state index contributed by atoms with van der Waals surface area (Å²) in [6.45, 7) is 4.92. The molecule has 0 atom stereocenters. The number of aromatic nitrogens is 16. The van der Waals surface area contributed by atoms with E-state index in [2.05, 4.69) is 108 Å². The second-order valence-electron chi connectivity index (χ2n) is 25.7. The summed E-state index contributed by atoms with van der Waals surface area (Å²) in [7, 11) is 7.30. The van der Waals surface area contributed by atoms with Gasteiger partial charge in [-0.25, -0.2) is 52.3 Å². The number of nitrogens with one attached hydrogen (secondary N) is 8. The van der Waals surface area contributed by atoms with Gasteiger partial charge in [0.1, 0.15) is 23.2 Å². The van der Waals surface area contributed by atoms with Gasteiger partial charge < -0.3 is 47.3 Å². The smallest absolute Gasteiger partial charge is 0.406 e. The van der Waals surface area contributed by atoms with E-state index in [1.165, 1.54) is 48.5 Å². The van der Waals surface area contributed by atoms with Crippen molar-refractivity contribution in [1.82, 2.24) is 79.0 Å². The van der Waals surface area contributed by atoms with Gasteiger partial charge in [-0.15, -0.1) is 13.2 Å². The number of fused-ring (bicyclic) bond motifs is 4. The maximum absolute atomic E-state index is 13.3. The van der Waals surface area contributed by atoms with Crippen LogP contribution >= 0.6 is 0 Å². The van der Waals surface area contributed by atoms with Gasteiger partial charge >= 0.3 is 30.5 Å². The fraction of sp³-hybridized carbons (Fsp3) is 0.111. The van der Waals surface area contributed by atoms with Gasteiger partial charge in [-0.05, 0) is 177 Å². The van der Waals surface area contributed by atoms with Crippen LogP contribution < -0.4 is 47.3 Å². The molecule has 35 heteroatoms. The maximum Gasteiger partial charge on any atom is 0.573 e. The fourth-order valence-corrected chi connectivity index (χ4v) is 11.2. The van der Waals surface area contributed by atoms with Gasteiger partial charge in [0, 0.05) is 127 Å². The number of anilines is 8. The lowest BCUT2D eigenvalue weighted by molar-refractivity contribution is -0.274. The first-order chi connectivity index (χ1) is 55.2. The number of rotatable bonds is 13. The highest BCUT2D eigenvalue weighted by Gasteiger charge is 2.31. The van der Waals surface area contributed by atoms with Crippen molar-refractivity contribution in [2.24, 2.45) is 28.2 Å². The van der Waals surface area contributed by atoms with Gasteiger partial charge in [0.25, 0.3) is 0 Å². The molecule has 0 radical (unpaired) electrons. The molecule has 586 valence electrons. The van der Waals surface area contributed by atoms with Crippen molar-refractivity contribution >= 4 is 114 Å². The predicted octanol–water partition coefficient (Wildman–Crippen LogP) is 17.6. The van der Waals surface area contributed by atoms with Crippen LogP contribution in [0.4, 0.5) is 91.0 Å². The van der Waals surface area contributed by atoms with Crippen molar-refractivity contribution in [1.29, 1.82) is 0 Å². The summed E-state index contributed by atoms with van der Waals surface area (Å²) in [4.78, 5) is 84.9. The summed E-state index contributed by atoms with van der Waals surface area (Å²) in [6.07, 6.45) is 16.1. The number of urea groups is 4. The number of halogens is 6. The lowest BCUT2D eigenvalue weighted by atomic mass is 10.2. The minimum Gasteiger partial charge on any atom is -0.406 e. The van der Waals surface area contributed by atoms with Crippen LogP contribution in [0.2, 0.25) is 0 Å². The molecule has 8 aromatic carbocycles. The summed E-state index contributed by atoms with van der Waals surface area (Å²) in [5, 5.41) is 37.9. The van der Waals surface area contributed by atoms with Crippen LogP contribution in [-0.2, 0) is 28.2 Å². The van der Waals surface area contributed by atoms with Crippen molar-refractivity contribution in [2.45, 2.75) is 34.6 Å². The molecular formula is C81H70F6N24O5. The molecule has 0 saturated heterocycles. The number of carbonyl (C=O) groups is 4. The normalized spacial score (nSPS) is 10.9. The van der Waals surface area contributed by atoms with E-state index in [0.717, 1.165) is 34.4 Å². The van der Waals surface area contributed by atoms with E-state index in [9.17, 15) is 45.5 Å². The lowest BCUT2D eigenvalue weighted by Gasteiger charge is -2.11. The first kappa shape index (κ1) is 80.0. The summed E-state index contributed by atoms with van der Waals surface area (Å²) in [6, 6.07) is 37.1. The van der Waals surface area contributed by atoms with Crippen molar-refractivity contribution in [3.63, 3.8) is 0 Å². The summed E-state index contributed by atoms with van der Waals surface area (Å²) in [5.74, 6) is -1.38. The summed E-state index contributed by atoms with van der Waals surface area (Å²) in [5.41, 5.74) is 16.6. The van der Waals surface area contributed by atoms with E-state index >= 15 is 0 Å².